The van der Waals surface area contributed by atoms with Crippen LogP contribution in [0, 0.1) is 20.8 Å². The summed E-state index contributed by atoms with van der Waals surface area (Å²) in [5.74, 6) is -0.589. The molecule has 0 bridgehead atoms. The van der Waals surface area contributed by atoms with E-state index < -0.39 is 22.5 Å². The van der Waals surface area contributed by atoms with Crippen LogP contribution in [0.15, 0.2) is 53.6 Å². The second kappa shape index (κ2) is 9.54. The standard InChI is InChI=1S/C22H24ClN5O3S/c1-15-10-11-19(12-16(15)2)27(32(4,30)31)14-21(29)25-24-13-20-17(3)28(26-22(20)23)18-8-6-5-7-9-18/h5-13H,14H2,1-4H3,(H,25,29)/b24-13-. The molecule has 0 saturated heterocycles. The monoisotopic (exact) mass is 473 g/mol. The lowest BCUT2D eigenvalue weighted by atomic mass is 10.1. The largest absolute Gasteiger partial charge is 0.271 e. The molecular weight excluding hydrogens is 450 g/mol. The number of hydrogen-bond acceptors (Lipinski definition) is 5. The number of halogens is 1. The summed E-state index contributed by atoms with van der Waals surface area (Å²) in [7, 11) is -3.67. The van der Waals surface area contributed by atoms with Crippen LogP contribution in [0.3, 0.4) is 0 Å². The van der Waals surface area contributed by atoms with Crippen molar-refractivity contribution in [3.05, 3.63) is 76.1 Å². The molecule has 10 heteroatoms. The number of carbonyl (C=O) groups excluding carboxylic acids is 1. The van der Waals surface area contributed by atoms with Gasteiger partial charge in [-0.05, 0) is 56.2 Å². The molecular formula is C22H24ClN5O3S. The van der Waals surface area contributed by atoms with Crippen LogP contribution in [-0.2, 0) is 14.8 Å². The molecule has 3 aromatic rings. The Labute approximate surface area is 192 Å². The van der Waals surface area contributed by atoms with E-state index in [1.54, 1.807) is 16.8 Å². The lowest BCUT2D eigenvalue weighted by Crippen LogP contribution is -2.39. The van der Waals surface area contributed by atoms with Gasteiger partial charge in [-0.2, -0.15) is 10.2 Å². The Morgan fingerprint density at radius 1 is 1.16 bits per heavy atom. The van der Waals surface area contributed by atoms with Crippen molar-refractivity contribution in [2.45, 2.75) is 20.8 Å². The van der Waals surface area contributed by atoms with Crippen LogP contribution in [0.4, 0.5) is 5.69 Å². The predicted molar refractivity (Wildman–Crippen MR) is 127 cm³/mol. The molecule has 0 unspecified atom stereocenters. The number of hydrogen-bond donors (Lipinski definition) is 1. The maximum Gasteiger partial charge on any atom is 0.260 e. The summed E-state index contributed by atoms with van der Waals surface area (Å²) in [6, 6.07) is 14.7. The van der Waals surface area contributed by atoms with E-state index in [4.69, 9.17) is 11.6 Å². The number of para-hydroxylation sites is 1. The number of benzene rings is 2. The zero-order valence-electron chi connectivity index (χ0n) is 18.2. The first-order valence-corrected chi connectivity index (χ1v) is 12.0. The molecule has 3 rings (SSSR count). The van der Waals surface area contributed by atoms with Gasteiger partial charge < -0.3 is 0 Å². The Morgan fingerprint density at radius 3 is 2.47 bits per heavy atom. The Bertz CT molecular complexity index is 1270. The van der Waals surface area contributed by atoms with Crippen LogP contribution in [0.25, 0.3) is 5.69 Å². The molecule has 1 aromatic heterocycles. The number of nitrogens with zero attached hydrogens (tertiary/aromatic N) is 4. The van der Waals surface area contributed by atoms with Crippen LogP contribution in [0.1, 0.15) is 22.4 Å². The van der Waals surface area contributed by atoms with Crippen LogP contribution in [0.5, 0.6) is 0 Å². The number of aryl methyl sites for hydroxylation is 2. The summed E-state index contributed by atoms with van der Waals surface area (Å²) < 4.78 is 27.2. The number of anilines is 1. The highest BCUT2D eigenvalue weighted by atomic mass is 35.5. The molecule has 168 valence electrons. The first-order valence-electron chi connectivity index (χ1n) is 9.75. The van der Waals surface area contributed by atoms with Gasteiger partial charge in [-0.25, -0.2) is 18.5 Å². The Morgan fingerprint density at radius 2 is 1.84 bits per heavy atom. The van der Waals surface area contributed by atoms with E-state index in [1.165, 1.54) is 6.21 Å². The third-order valence-electron chi connectivity index (χ3n) is 4.97. The highest BCUT2D eigenvalue weighted by Crippen LogP contribution is 2.22. The van der Waals surface area contributed by atoms with Crippen LogP contribution in [0.2, 0.25) is 5.15 Å². The molecule has 0 fully saturated rings. The average molecular weight is 474 g/mol. The minimum atomic E-state index is -3.67. The van der Waals surface area contributed by atoms with Gasteiger partial charge in [0.1, 0.15) is 6.54 Å². The van der Waals surface area contributed by atoms with Crippen molar-refractivity contribution in [3.63, 3.8) is 0 Å². The topological polar surface area (TPSA) is 96.7 Å². The number of aromatic nitrogens is 2. The SMILES string of the molecule is Cc1ccc(N(CC(=O)N/N=C\c2c(Cl)nn(-c3ccccc3)c2C)S(C)(=O)=O)cc1C. The summed E-state index contributed by atoms with van der Waals surface area (Å²) in [6.07, 6.45) is 2.45. The molecule has 0 aliphatic heterocycles. The van der Waals surface area contributed by atoms with Gasteiger partial charge in [0.15, 0.2) is 5.15 Å². The zero-order chi connectivity index (χ0) is 23.5. The Hall–Kier alpha value is -3.17. The van der Waals surface area contributed by atoms with Gasteiger partial charge in [0.05, 0.1) is 35.1 Å². The molecule has 2 aromatic carbocycles. The van der Waals surface area contributed by atoms with E-state index in [1.807, 2.05) is 57.2 Å². The van der Waals surface area contributed by atoms with Crippen molar-refractivity contribution in [2.75, 3.05) is 17.1 Å². The van der Waals surface area contributed by atoms with Crippen LogP contribution in [-0.4, -0.2) is 43.1 Å². The third-order valence-corrected chi connectivity index (χ3v) is 6.39. The smallest absolute Gasteiger partial charge is 0.260 e. The fraction of sp³-hybridized carbons (Fsp3) is 0.227. The van der Waals surface area contributed by atoms with Crippen molar-refractivity contribution >= 4 is 39.4 Å². The van der Waals surface area contributed by atoms with E-state index in [-0.39, 0.29) is 5.15 Å². The first kappa shape index (κ1) is 23.5. The summed E-state index contributed by atoms with van der Waals surface area (Å²) in [4.78, 5) is 12.4. The highest BCUT2D eigenvalue weighted by Gasteiger charge is 2.21. The van der Waals surface area contributed by atoms with Gasteiger partial charge in [0, 0.05) is 0 Å². The molecule has 0 saturated carbocycles. The molecule has 32 heavy (non-hydrogen) atoms. The lowest BCUT2D eigenvalue weighted by Gasteiger charge is -2.22. The second-order valence-electron chi connectivity index (χ2n) is 7.37. The summed E-state index contributed by atoms with van der Waals surface area (Å²) >= 11 is 6.24. The maximum atomic E-state index is 12.4. The molecule has 8 nitrogen and oxygen atoms in total. The van der Waals surface area contributed by atoms with E-state index >= 15 is 0 Å². The van der Waals surface area contributed by atoms with Crippen molar-refractivity contribution in [1.82, 2.24) is 15.2 Å². The van der Waals surface area contributed by atoms with Crippen molar-refractivity contribution < 1.29 is 13.2 Å². The molecule has 1 heterocycles. The number of nitrogens with one attached hydrogen (secondary N) is 1. The molecule has 1 amide bonds. The van der Waals surface area contributed by atoms with Gasteiger partial charge in [-0.15, -0.1) is 0 Å². The third kappa shape index (κ3) is 5.35. The second-order valence-corrected chi connectivity index (χ2v) is 9.63. The van der Waals surface area contributed by atoms with Crippen LogP contribution < -0.4 is 9.73 Å². The quantitative estimate of drug-likeness (QED) is 0.420. The minimum absolute atomic E-state index is 0.234. The number of amides is 1. The number of carbonyl (C=O) groups is 1. The summed E-state index contributed by atoms with van der Waals surface area (Å²) in [5, 5.41) is 8.48. The van der Waals surface area contributed by atoms with Gasteiger partial charge >= 0.3 is 0 Å². The van der Waals surface area contributed by atoms with Crippen LogP contribution >= 0.6 is 11.6 Å². The van der Waals surface area contributed by atoms with E-state index in [0.29, 0.717) is 11.3 Å². The van der Waals surface area contributed by atoms with Crippen molar-refractivity contribution in [2.24, 2.45) is 5.10 Å². The van der Waals surface area contributed by atoms with Crippen molar-refractivity contribution in [1.29, 1.82) is 0 Å². The number of rotatable bonds is 7. The van der Waals surface area contributed by atoms with E-state index in [2.05, 4.69) is 15.6 Å². The lowest BCUT2D eigenvalue weighted by molar-refractivity contribution is -0.119. The zero-order valence-corrected chi connectivity index (χ0v) is 19.8. The fourth-order valence-electron chi connectivity index (χ4n) is 3.06. The number of hydrazone groups is 1. The molecule has 0 atom stereocenters. The first-order chi connectivity index (χ1) is 15.1. The molecule has 0 radical (unpaired) electrons. The van der Waals surface area contributed by atoms with Gasteiger partial charge in [-0.3, -0.25) is 9.10 Å². The normalized spacial score (nSPS) is 11.7. The maximum absolute atomic E-state index is 12.4. The van der Waals surface area contributed by atoms with Gasteiger partial charge in [-0.1, -0.05) is 35.9 Å². The fourth-order valence-corrected chi connectivity index (χ4v) is 4.17. The highest BCUT2D eigenvalue weighted by molar-refractivity contribution is 7.92. The van der Waals surface area contributed by atoms with E-state index in [9.17, 15) is 13.2 Å². The molecule has 0 spiro atoms. The van der Waals surface area contributed by atoms with Gasteiger partial charge in [0.25, 0.3) is 5.91 Å². The minimum Gasteiger partial charge on any atom is -0.271 e. The average Bonchev–Trinajstić information content (AvgIpc) is 3.02. The molecule has 0 aliphatic rings. The molecule has 0 aliphatic carbocycles. The molecule has 1 N–H and O–H groups in total. The van der Waals surface area contributed by atoms with E-state index in [0.717, 1.165) is 33.1 Å². The Kier molecular flexibility index (Phi) is 7.00. The summed E-state index contributed by atoms with van der Waals surface area (Å²) in [5.41, 5.74) is 6.86. The number of sulfonamides is 1. The Balaban J connectivity index is 1.75. The van der Waals surface area contributed by atoms with Crippen molar-refractivity contribution in [3.8, 4) is 5.69 Å². The predicted octanol–water partition coefficient (Wildman–Crippen LogP) is 3.37. The summed E-state index contributed by atoms with van der Waals surface area (Å²) in [6.45, 7) is 5.23. The van der Waals surface area contributed by atoms with Gasteiger partial charge in [0.2, 0.25) is 10.0 Å².